The van der Waals surface area contributed by atoms with Gasteiger partial charge in [0.05, 0.1) is 13.2 Å². The first-order valence-electron chi connectivity index (χ1n) is 6.42. The minimum absolute atomic E-state index is 0.123. The van der Waals surface area contributed by atoms with Gasteiger partial charge in [0.2, 0.25) is 5.91 Å². The van der Waals surface area contributed by atoms with Crippen LogP contribution in [-0.2, 0) is 23.9 Å². The Morgan fingerprint density at radius 2 is 2.00 bits per heavy atom. The molecule has 1 heterocycles. The zero-order chi connectivity index (χ0) is 15.3. The van der Waals surface area contributed by atoms with Gasteiger partial charge in [-0.3, -0.25) is 9.59 Å². The lowest BCUT2D eigenvalue weighted by molar-refractivity contribution is -0.145. The molecule has 0 aromatic heterocycles. The predicted octanol–water partition coefficient (Wildman–Crippen LogP) is 1.66. The van der Waals surface area contributed by atoms with Gasteiger partial charge >= 0.3 is 11.9 Å². The average Bonchev–Trinajstić information content (AvgIpc) is 2.39. The maximum absolute atomic E-state index is 11.9. The summed E-state index contributed by atoms with van der Waals surface area (Å²) in [5, 5.41) is 0. The predicted molar refractivity (Wildman–Crippen MR) is 74.5 cm³/mol. The van der Waals surface area contributed by atoms with Crippen LogP contribution in [0.3, 0.4) is 0 Å². The minimum atomic E-state index is -0.592. The molecular weight excluding hydrogens is 282 g/mol. The van der Waals surface area contributed by atoms with Crippen molar-refractivity contribution in [2.75, 3.05) is 13.2 Å². The van der Waals surface area contributed by atoms with Crippen LogP contribution in [0.15, 0.2) is 10.6 Å². The Kier molecular flexibility index (Phi) is 6.06. The molecule has 1 amide bonds. The fraction of sp³-hybridized carbons (Fsp3) is 0.615. The highest BCUT2D eigenvalue weighted by Crippen LogP contribution is 2.34. The van der Waals surface area contributed by atoms with Gasteiger partial charge in [-0.15, -0.1) is 0 Å². The van der Waals surface area contributed by atoms with Crippen LogP contribution in [0.4, 0.5) is 0 Å². The van der Waals surface area contributed by atoms with E-state index in [4.69, 9.17) is 9.47 Å². The van der Waals surface area contributed by atoms with Crippen LogP contribution < -0.4 is 0 Å². The number of carbonyl (C=O) groups is 3. The van der Waals surface area contributed by atoms with Gasteiger partial charge in [0.1, 0.15) is 4.91 Å². The van der Waals surface area contributed by atoms with Crippen LogP contribution in [0.2, 0.25) is 0 Å². The lowest BCUT2D eigenvalue weighted by Gasteiger charge is -2.33. The molecule has 0 bridgehead atoms. The molecule has 1 aliphatic heterocycles. The average molecular weight is 301 g/mol. The number of esters is 2. The van der Waals surface area contributed by atoms with E-state index in [0.717, 1.165) is 11.8 Å². The van der Waals surface area contributed by atoms with Crippen molar-refractivity contribution >= 4 is 29.6 Å². The smallest absolute Gasteiger partial charge is 0.346 e. The van der Waals surface area contributed by atoms with E-state index in [9.17, 15) is 14.4 Å². The Morgan fingerprint density at radius 3 is 2.50 bits per heavy atom. The zero-order valence-electron chi connectivity index (χ0n) is 12.1. The van der Waals surface area contributed by atoms with Gasteiger partial charge < -0.3 is 14.4 Å². The van der Waals surface area contributed by atoms with Gasteiger partial charge in [0, 0.05) is 19.0 Å². The molecule has 20 heavy (non-hydrogen) atoms. The second-order valence-electron chi connectivity index (χ2n) is 4.15. The van der Waals surface area contributed by atoms with Crippen LogP contribution in [0.25, 0.3) is 0 Å². The molecule has 0 aliphatic carbocycles. The third-order valence-electron chi connectivity index (χ3n) is 2.68. The SMILES string of the molecule is CCOC(=O)C1=C(C)N(C(=O)CC)CC(OC(C)=O)S1. The van der Waals surface area contributed by atoms with Crippen LogP contribution in [0.5, 0.6) is 0 Å². The molecule has 1 atom stereocenters. The molecule has 0 radical (unpaired) electrons. The zero-order valence-corrected chi connectivity index (χ0v) is 12.9. The van der Waals surface area contributed by atoms with Gasteiger partial charge in [0.15, 0.2) is 5.44 Å². The highest BCUT2D eigenvalue weighted by Gasteiger charge is 2.33. The molecule has 0 saturated carbocycles. The molecule has 0 aromatic carbocycles. The summed E-state index contributed by atoms with van der Waals surface area (Å²) in [6.07, 6.45) is 0.310. The van der Waals surface area contributed by atoms with Gasteiger partial charge in [-0.2, -0.15) is 0 Å². The number of thioether (sulfide) groups is 1. The molecule has 0 fully saturated rings. The maximum atomic E-state index is 11.9. The summed E-state index contributed by atoms with van der Waals surface area (Å²) in [7, 11) is 0. The monoisotopic (exact) mass is 301 g/mol. The van der Waals surface area contributed by atoms with Crippen molar-refractivity contribution in [2.24, 2.45) is 0 Å². The molecule has 6 nitrogen and oxygen atoms in total. The van der Waals surface area contributed by atoms with Gasteiger partial charge in [-0.25, -0.2) is 4.79 Å². The van der Waals surface area contributed by atoms with Crippen molar-refractivity contribution < 1.29 is 23.9 Å². The third kappa shape index (κ3) is 4.00. The van der Waals surface area contributed by atoms with Gasteiger partial charge in [-0.05, 0) is 13.8 Å². The summed E-state index contributed by atoms with van der Waals surface area (Å²) < 4.78 is 10.1. The summed E-state index contributed by atoms with van der Waals surface area (Å²) in [6, 6.07) is 0. The number of rotatable bonds is 4. The van der Waals surface area contributed by atoms with Crippen molar-refractivity contribution in [3.8, 4) is 0 Å². The molecule has 112 valence electrons. The summed E-state index contributed by atoms with van der Waals surface area (Å²) in [6.45, 7) is 6.92. The van der Waals surface area contributed by atoms with E-state index in [1.165, 1.54) is 11.8 Å². The Morgan fingerprint density at radius 1 is 1.35 bits per heavy atom. The van der Waals surface area contributed by atoms with E-state index >= 15 is 0 Å². The first-order valence-corrected chi connectivity index (χ1v) is 7.30. The standard InChI is InChI=1S/C13H19NO5S/c1-5-10(16)14-7-11(19-9(4)15)20-12(8(14)3)13(17)18-6-2/h11H,5-7H2,1-4H3. The molecule has 0 aromatic rings. The molecule has 0 N–H and O–H groups in total. The number of allylic oxidation sites excluding steroid dienone is 1. The van der Waals surface area contributed by atoms with E-state index in [2.05, 4.69) is 0 Å². The first kappa shape index (κ1) is 16.6. The molecule has 0 spiro atoms. The van der Waals surface area contributed by atoms with Crippen molar-refractivity contribution in [1.29, 1.82) is 0 Å². The van der Waals surface area contributed by atoms with Crippen LogP contribution in [-0.4, -0.2) is 41.3 Å². The molecule has 0 saturated heterocycles. The highest BCUT2D eigenvalue weighted by atomic mass is 32.2. The van der Waals surface area contributed by atoms with Gasteiger partial charge in [-0.1, -0.05) is 18.7 Å². The largest absolute Gasteiger partial charge is 0.462 e. The van der Waals surface area contributed by atoms with E-state index in [0.29, 0.717) is 17.0 Å². The van der Waals surface area contributed by atoms with Crippen molar-refractivity contribution in [1.82, 2.24) is 4.90 Å². The Hall–Kier alpha value is -1.50. The van der Waals surface area contributed by atoms with Gasteiger partial charge in [0.25, 0.3) is 0 Å². The third-order valence-corrected chi connectivity index (χ3v) is 3.88. The van der Waals surface area contributed by atoms with E-state index < -0.39 is 17.4 Å². The second-order valence-corrected chi connectivity index (χ2v) is 5.32. The Labute approximate surface area is 122 Å². The van der Waals surface area contributed by atoms with Crippen LogP contribution in [0, 0.1) is 0 Å². The minimum Gasteiger partial charge on any atom is -0.462 e. The van der Waals surface area contributed by atoms with Crippen molar-refractivity contribution in [3.05, 3.63) is 10.6 Å². The summed E-state index contributed by atoms with van der Waals surface area (Å²) in [5.41, 5.74) is -0.0465. The normalized spacial score (nSPS) is 18.8. The highest BCUT2D eigenvalue weighted by molar-refractivity contribution is 8.04. The number of carbonyl (C=O) groups excluding carboxylic acids is 3. The fourth-order valence-corrected chi connectivity index (χ4v) is 2.89. The van der Waals surface area contributed by atoms with Crippen molar-refractivity contribution in [2.45, 2.75) is 39.6 Å². The number of ether oxygens (including phenoxy) is 2. The molecule has 7 heteroatoms. The molecule has 1 aliphatic rings. The van der Waals surface area contributed by atoms with E-state index in [1.54, 1.807) is 20.8 Å². The topological polar surface area (TPSA) is 72.9 Å². The fourth-order valence-electron chi connectivity index (χ4n) is 1.78. The molecule has 1 unspecified atom stereocenters. The maximum Gasteiger partial charge on any atom is 0.346 e. The summed E-state index contributed by atoms with van der Waals surface area (Å²) >= 11 is 1.12. The number of amides is 1. The molecular formula is C13H19NO5S. The number of hydrogen-bond donors (Lipinski definition) is 0. The lowest BCUT2D eigenvalue weighted by Crippen LogP contribution is -2.40. The van der Waals surface area contributed by atoms with Crippen molar-refractivity contribution in [3.63, 3.8) is 0 Å². The summed E-state index contributed by atoms with van der Waals surface area (Å²) in [5.74, 6) is -1.07. The Balaban J connectivity index is 3.04. The van der Waals surface area contributed by atoms with E-state index in [1.807, 2.05) is 0 Å². The Bertz CT molecular complexity index is 446. The quantitative estimate of drug-likeness (QED) is 0.735. The van der Waals surface area contributed by atoms with Crippen LogP contribution >= 0.6 is 11.8 Å². The number of hydrogen-bond acceptors (Lipinski definition) is 6. The summed E-state index contributed by atoms with van der Waals surface area (Å²) in [4.78, 5) is 36.7. The van der Waals surface area contributed by atoms with Crippen LogP contribution in [0.1, 0.15) is 34.1 Å². The first-order chi connectivity index (χ1) is 9.40. The second kappa shape index (κ2) is 7.33. The lowest BCUT2D eigenvalue weighted by atomic mass is 10.3. The van der Waals surface area contributed by atoms with E-state index in [-0.39, 0.29) is 19.1 Å². The number of nitrogens with zero attached hydrogens (tertiary/aromatic N) is 1. The molecule has 1 rings (SSSR count).